The zero-order chi connectivity index (χ0) is 12.6. The highest BCUT2D eigenvalue weighted by Gasteiger charge is 2.40. The maximum absolute atomic E-state index is 11.2. The van der Waals surface area contributed by atoms with E-state index in [2.05, 4.69) is 35.4 Å². The van der Waals surface area contributed by atoms with Crippen LogP contribution < -0.4 is 5.32 Å². The lowest BCUT2D eigenvalue weighted by molar-refractivity contribution is -0.0465. The van der Waals surface area contributed by atoms with Gasteiger partial charge in [-0.25, -0.2) is 0 Å². The topological polar surface area (TPSA) is 48.0 Å². The second kappa shape index (κ2) is 4.41. The minimum atomic E-state index is -0.693. The summed E-state index contributed by atoms with van der Waals surface area (Å²) in [4.78, 5) is 3.22. The van der Waals surface area contributed by atoms with E-state index < -0.39 is 5.60 Å². The summed E-state index contributed by atoms with van der Waals surface area (Å²) in [6.45, 7) is 3.93. The van der Waals surface area contributed by atoms with Crippen molar-refractivity contribution in [1.29, 1.82) is 0 Å². The predicted octanol–water partition coefficient (Wildman–Crippen LogP) is 2.38. The van der Waals surface area contributed by atoms with Gasteiger partial charge >= 0.3 is 0 Å². The number of hydrogen-bond acceptors (Lipinski definition) is 2. The van der Waals surface area contributed by atoms with E-state index in [1.807, 2.05) is 12.3 Å². The number of aromatic amines is 1. The molecule has 3 heteroatoms. The molecule has 1 aliphatic rings. The number of rotatable bonds is 2. The monoisotopic (exact) mass is 244 g/mol. The average molecular weight is 244 g/mol. The van der Waals surface area contributed by atoms with Gasteiger partial charge in [-0.05, 0) is 37.1 Å². The fourth-order valence-electron chi connectivity index (χ4n) is 3.23. The molecule has 2 atom stereocenters. The minimum Gasteiger partial charge on any atom is -0.385 e. The molecule has 3 N–H and O–H groups in total. The van der Waals surface area contributed by atoms with Crippen LogP contribution in [0.15, 0.2) is 30.5 Å². The second-order valence-electron chi connectivity index (χ2n) is 5.23. The number of hydrogen-bond donors (Lipinski definition) is 3. The first-order valence-corrected chi connectivity index (χ1v) is 6.75. The molecule has 96 valence electrons. The van der Waals surface area contributed by atoms with Crippen molar-refractivity contribution >= 4 is 10.9 Å². The molecule has 1 fully saturated rings. The van der Waals surface area contributed by atoms with Crippen LogP contribution in [0.1, 0.15) is 25.3 Å². The van der Waals surface area contributed by atoms with Gasteiger partial charge in [-0.15, -0.1) is 0 Å². The van der Waals surface area contributed by atoms with Gasteiger partial charge in [-0.3, -0.25) is 0 Å². The third-order valence-electron chi connectivity index (χ3n) is 4.30. The Morgan fingerprint density at radius 1 is 1.39 bits per heavy atom. The Balaban J connectivity index is 2.14. The van der Waals surface area contributed by atoms with E-state index in [-0.39, 0.29) is 5.92 Å². The predicted molar refractivity (Wildman–Crippen MR) is 73.5 cm³/mol. The first-order chi connectivity index (χ1) is 8.75. The minimum absolute atomic E-state index is 0.284. The zero-order valence-corrected chi connectivity index (χ0v) is 10.7. The van der Waals surface area contributed by atoms with Crippen molar-refractivity contribution in [3.05, 3.63) is 36.0 Å². The van der Waals surface area contributed by atoms with E-state index in [4.69, 9.17) is 0 Å². The normalized spacial score (nSPS) is 28.7. The highest BCUT2D eigenvalue weighted by molar-refractivity contribution is 5.83. The van der Waals surface area contributed by atoms with E-state index >= 15 is 0 Å². The van der Waals surface area contributed by atoms with Gasteiger partial charge in [0.15, 0.2) is 0 Å². The Labute approximate surface area is 107 Å². The maximum atomic E-state index is 11.2. The molecule has 0 bridgehead atoms. The molecule has 1 aliphatic heterocycles. The first kappa shape index (κ1) is 11.8. The van der Waals surface area contributed by atoms with Gasteiger partial charge in [-0.2, -0.15) is 0 Å². The summed E-state index contributed by atoms with van der Waals surface area (Å²) in [7, 11) is 0. The van der Waals surface area contributed by atoms with Crippen molar-refractivity contribution in [2.45, 2.75) is 25.4 Å². The molecule has 1 aromatic carbocycles. The third kappa shape index (κ3) is 1.66. The quantitative estimate of drug-likeness (QED) is 0.759. The molecule has 0 radical (unpaired) electrons. The van der Waals surface area contributed by atoms with Crippen molar-refractivity contribution in [2.75, 3.05) is 13.1 Å². The van der Waals surface area contributed by atoms with Gasteiger partial charge in [0.05, 0.1) is 5.60 Å². The van der Waals surface area contributed by atoms with E-state index in [0.717, 1.165) is 42.4 Å². The lowest BCUT2D eigenvalue weighted by Crippen LogP contribution is -2.47. The lowest BCUT2D eigenvalue weighted by atomic mass is 9.74. The van der Waals surface area contributed by atoms with Crippen LogP contribution in [-0.4, -0.2) is 23.2 Å². The Morgan fingerprint density at radius 2 is 2.28 bits per heavy atom. The molecule has 1 saturated heterocycles. The number of nitrogens with one attached hydrogen (secondary N) is 2. The number of benzene rings is 1. The number of aliphatic hydroxyl groups is 1. The molecule has 0 spiro atoms. The van der Waals surface area contributed by atoms with E-state index in [1.54, 1.807) is 0 Å². The van der Waals surface area contributed by atoms with Crippen molar-refractivity contribution < 1.29 is 5.11 Å². The van der Waals surface area contributed by atoms with Crippen LogP contribution in [-0.2, 0) is 5.60 Å². The van der Waals surface area contributed by atoms with Gasteiger partial charge in [0, 0.05) is 29.6 Å². The van der Waals surface area contributed by atoms with Crippen LogP contribution in [0.5, 0.6) is 0 Å². The molecule has 2 heterocycles. The molecular weight excluding hydrogens is 224 g/mol. The summed E-state index contributed by atoms with van der Waals surface area (Å²) < 4.78 is 0. The molecular formula is C15H20N2O. The number of fused-ring (bicyclic) bond motifs is 1. The lowest BCUT2D eigenvalue weighted by Gasteiger charge is -2.41. The fourth-order valence-corrected chi connectivity index (χ4v) is 3.23. The second-order valence-corrected chi connectivity index (χ2v) is 5.23. The van der Waals surface area contributed by atoms with Crippen molar-refractivity contribution in [1.82, 2.24) is 10.3 Å². The van der Waals surface area contributed by atoms with E-state index in [9.17, 15) is 5.11 Å². The highest BCUT2D eigenvalue weighted by atomic mass is 16.3. The van der Waals surface area contributed by atoms with Crippen LogP contribution in [0.4, 0.5) is 0 Å². The third-order valence-corrected chi connectivity index (χ3v) is 4.30. The van der Waals surface area contributed by atoms with Crippen LogP contribution in [0.3, 0.4) is 0 Å². The van der Waals surface area contributed by atoms with E-state index in [0.29, 0.717) is 0 Å². The summed E-state index contributed by atoms with van der Waals surface area (Å²) in [5, 5.41) is 15.7. The Morgan fingerprint density at radius 3 is 3.11 bits per heavy atom. The standard InChI is InChI=1S/C15H20N2O/c1-2-11-10-16-9-7-15(11,18)13-4-3-5-14-12(13)6-8-17-14/h3-6,8,11,16-18H,2,7,9-10H2,1H3. The fraction of sp³-hybridized carbons (Fsp3) is 0.467. The zero-order valence-electron chi connectivity index (χ0n) is 10.7. The van der Waals surface area contributed by atoms with Gasteiger partial charge in [0.1, 0.15) is 0 Å². The molecule has 3 nitrogen and oxygen atoms in total. The largest absolute Gasteiger partial charge is 0.385 e. The first-order valence-electron chi connectivity index (χ1n) is 6.75. The molecule has 1 aromatic heterocycles. The Kier molecular flexibility index (Phi) is 2.88. The number of aromatic nitrogens is 1. The summed E-state index contributed by atoms with van der Waals surface area (Å²) in [6.07, 6.45) is 3.72. The number of H-pyrrole nitrogens is 1. The van der Waals surface area contributed by atoms with Gasteiger partial charge < -0.3 is 15.4 Å². The molecule has 0 amide bonds. The smallest absolute Gasteiger partial charge is 0.0955 e. The number of piperidine rings is 1. The van der Waals surface area contributed by atoms with Crippen molar-refractivity contribution in [3.63, 3.8) is 0 Å². The summed E-state index contributed by atoms with van der Waals surface area (Å²) >= 11 is 0. The molecule has 18 heavy (non-hydrogen) atoms. The SMILES string of the molecule is CCC1CNCCC1(O)c1cccc2[nH]ccc12. The van der Waals surface area contributed by atoms with Crippen LogP contribution in [0.25, 0.3) is 10.9 Å². The molecule has 0 aliphatic carbocycles. The van der Waals surface area contributed by atoms with Crippen LogP contribution in [0.2, 0.25) is 0 Å². The summed E-state index contributed by atoms with van der Waals surface area (Å²) in [5.41, 5.74) is 1.49. The Bertz CT molecular complexity index is 548. The maximum Gasteiger partial charge on any atom is 0.0955 e. The van der Waals surface area contributed by atoms with Gasteiger partial charge in [-0.1, -0.05) is 19.1 Å². The molecule has 0 saturated carbocycles. The van der Waals surface area contributed by atoms with Crippen molar-refractivity contribution in [2.24, 2.45) is 5.92 Å². The van der Waals surface area contributed by atoms with Gasteiger partial charge in [0.2, 0.25) is 0 Å². The van der Waals surface area contributed by atoms with Crippen molar-refractivity contribution in [3.8, 4) is 0 Å². The summed E-state index contributed by atoms with van der Waals surface area (Å²) in [6, 6.07) is 8.23. The average Bonchev–Trinajstić information content (AvgIpc) is 2.87. The highest BCUT2D eigenvalue weighted by Crippen LogP contribution is 2.39. The Hall–Kier alpha value is -1.32. The molecule has 3 rings (SSSR count). The van der Waals surface area contributed by atoms with Gasteiger partial charge in [0.25, 0.3) is 0 Å². The summed E-state index contributed by atoms with van der Waals surface area (Å²) in [5.74, 6) is 0.284. The van der Waals surface area contributed by atoms with Crippen LogP contribution in [0, 0.1) is 5.92 Å². The molecule has 2 unspecified atom stereocenters. The molecule has 2 aromatic rings. The van der Waals surface area contributed by atoms with Crippen LogP contribution >= 0.6 is 0 Å². The van der Waals surface area contributed by atoms with E-state index in [1.165, 1.54) is 0 Å².